The first-order valence-corrected chi connectivity index (χ1v) is 10.3. The van der Waals surface area contributed by atoms with E-state index in [0.717, 1.165) is 5.56 Å². The van der Waals surface area contributed by atoms with Crippen LogP contribution < -0.4 is 0 Å². The van der Waals surface area contributed by atoms with Crippen molar-refractivity contribution in [2.75, 3.05) is 26.2 Å². The lowest BCUT2D eigenvalue weighted by Gasteiger charge is -2.37. The molecule has 0 bridgehead atoms. The van der Waals surface area contributed by atoms with E-state index in [4.69, 9.17) is 0 Å². The van der Waals surface area contributed by atoms with Crippen LogP contribution in [0, 0.1) is 5.82 Å². The second kappa shape index (κ2) is 7.88. The lowest BCUT2D eigenvalue weighted by Crippen LogP contribution is -2.49. The fourth-order valence-electron chi connectivity index (χ4n) is 3.29. The van der Waals surface area contributed by atoms with Crippen LogP contribution in [0.15, 0.2) is 53.4 Å². The van der Waals surface area contributed by atoms with Crippen LogP contribution in [0.2, 0.25) is 0 Å². The van der Waals surface area contributed by atoms with E-state index in [-0.39, 0.29) is 22.5 Å². The maximum absolute atomic E-state index is 13.1. The zero-order valence-electron chi connectivity index (χ0n) is 15.4. The molecular formula is C20H23FN2O3S. The Morgan fingerprint density at radius 2 is 1.52 bits per heavy atom. The van der Waals surface area contributed by atoms with Crippen LogP contribution in [0.1, 0.15) is 35.8 Å². The molecule has 1 aliphatic rings. The predicted octanol–water partition coefficient (Wildman–Crippen LogP) is 3.10. The van der Waals surface area contributed by atoms with Crippen molar-refractivity contribution in [3.63, 3.8) is 0 Å². The summed E-state index contributed by atoms with van der Waals surface area (Å²) in [7, 11) is -3.58. The summed E-state index contributed by atoms with van der Waals surface area (Å²) in [6.07, 6.45) is 0. The number of sulfonamides is 1. The molecule has 144 valence electrons. The number of benzene rings is 2. The van der Waals surface area contributed by atoms with Gasteiger partial charge in [0.25, 0.3) is 0 Å². The van der Waals surface area contributed by atoms with Crippen LogP contribution >= 0.6 is 0 Å². The lowest BCUT2D eigenvalue weighted by atomic mass is 10.1. The minimum atomic E-state index is -3.58. The van der Waals surface area contributed by atoms with Gasteiger partial charge in [-0.25, -0.2) is 12.8 Å². The third-order valence-electron chi connectivity index (χ3n) is 5.07. The number of halogens is 1. The molecule has 0 amide bonds. The standard InChI is InChI=1S/C20H23FN2O3S/c1-15(17-3-7-19(21)8-4-17)22-11-13-23(14-12-22)27(25,26)20-9-5-18(6-10-20)16(2)24/h3-10,15H,11-14H2,1-2H3. The molecule has 0 aromatic heterocycles. The molecule has 1 unspecified atom stereocenters. The van der Waals surface area contributed by atoms with Crippen molar-refractivity contribution in [3.8, 4) is 0 Å². The highest BCUT2D eigenvalue weighted by atomic mass is 32.2. The van der Waals surface area contributed by atoms with Gasteiger partial charge in [-0.1, -0.05) is 24.3 Å². The highest BCUT2D eigenvalue weighted by Gasteiger charge is 2.30. The Balaban J connectivity index is 1.67. The van der Waals surface area contributed by atoms with Crippen LogP contribution in [0.3, 0.4) is 0 Å². The summed E-state index contributed by atoms with van der Waals surface area (Å²) in [5.74, 6) is -0.361. The SMILES string of the molecule is CC(=O)c1ccc(S(=O)(=O)N2CCN(C(C)c3ccc(F)cc3)CC2)cc1. The number of carbonyl (C=O) groups is 1. The molecule has 2 aromatic rings. The summed E-state index contributed by atoms with van der Waals surface area (Å²) < 4.78 is 40.2. The van der Waals surface area contributed by atoms with Crippen molar-refractivity contribution < 1.29 is 17.6 Å². The largest absolute Gasteiger partial charge is 0.295 e. The normalized spacial score (nSPS) is 17.6. The zero-order valence-corrected chi connectivity index (χ0v) is 16.2. The van der Waals surface area contributed by atoms with E-state index in [2.05, 4.69) is 4.90 Å². The van der Waals surface area contributed by atoms with E-state index in [0.29, 0.717) is 31.7 Å². The number of hydrogen-bond donors (Lipinski definition) is 0. The molecule has 1 heterocycles. The minimum Gasteiger partial charge on any atom is -0.295 e. The molecule has 7 heteroatoms. The second-order valence-electron chi connectivity index (χ2n) is 6.75. The zero-order chi connectivity index (χ0) is 19.6. The van der Waals surface area contributed by atoms with Crippen molar-refractivity contribution >= 4 is 15.8 Å². The van der Waals surface area contributed by atoms with Crippen molar-refractivity contribution in [3.05, 3.63) is 65.5 Å². The second-order valence-corrected chi connectivity index (χ2v) is 8.69. The molecule has 0 aliphatic carbocycles. The fourth-order valence-corrected chi connectivity index (χ4v) is 4.72. The molecule has 27 heavy (non-hydrogen) atoms. The molecule has 1 aliphatic heterocycles. The maximum Gasteiger partial charge on any atom is 0.243 e. The smallest absolute Gasteiger partial charge is 0.243 e. The number of ketones is 1. The molecule has 1 fully saturated rings. The van der Waals surface area contributed by atoms with Crippen LogP contribution in [-0.4, -0.2) is 49.6 Å². The number of nitrogens with zero attached hydrogens (tertiary/aromatic N) is 2. The molecule has 1 saturated heterocycles. The van der Waals surface area contributed by atoms with Gasteiger partial charge in [-0.3, -0.25) is 9.69 Å². The Kier molecular flexibility index (Phi) is 5.74. The molecule has 1 atom stereocenters. The van der Waals surface area contributed by atoms with E-state index >= 15 is 0 Å². The van der Waals surface area contributed by atoms with Crippen LogP contribution in [0.5, 0.6) is 0 Å². The number of Topliss-reactive ketones (excluding diaryl/α,β-unsaturated/α-hetero) is 1. The summed E-state index contributed by atoms with van der Waals surface area (Å²) in [5, 5.41) is 0. The summed E-state index contributed by atoms with van der Waals surface area (Å²) in [6.45, 7) is 5.47. The maximum atomic E-state index is 13.1. The predicted molar refractivity (Wildman–Crippen MR) is 102 cm³/mol. The van der Waals surface area contributed by atoms with E-state index in [9.17, 15) is 17.6 Å². The fraction of sp³-hybridized carbons (Fsp3) is 0.350. The number of hydrogen-bond acceptors (Lipinski definition) is 4. The van der Waals surface area contributed by atoms with E-state index in [1.54, 1.807) is 24.3 Å². The average Bonchev–Trinajstić information content (AvgIpc) is 2.68. The highest BCUT2D eigenvalue weighted by molar-refractivity contribution is 7.89. The number of rotatable bonds is 5. The van der Waals surface area contributed by atoms with E-state index in [1.807, 2.05) is 6.92 Å². The molecule has 0 radical (unpaired) electrons. The summed E-state index contributed by atoms with van der Waals surface area (Å²) in [5.41, 5.74) is 1.50. The van der Waals surface area contributed by atoms with Crippen LogP contribution in [-0.2, 0) is 10.0 Å². The molecule has 3 rings (SSSR count). The summed E-state index contributed by atoms with van der Waals surface area (Å²) in [6, 6.07) is 12.6. The number of piperazine rings is 1. The molecule has 0 spiro atoms. The Hall–Kier alpha value is -2.09. The first-order valence-electron chi connectivity index (χ1n) is 8.90. The first-order chi connectivity index (χ1) is 12.8. The van der Waals surface area contributed by atoms with E-state index < -0.39 is 10.0 Å². The lowest BCUT2D eigenvalue weighted by molar-refractivity contribution is 0.101. The van der Waals surface area contributed by atoms with Crippen molar-refractivity contribution in [2.24, 2.45) is 0 Å². The van der Waals surface area contributed by atoms with Gasteiger partial charge in [-0.2, -0.15) is 4.31 Å². The summed E-state index contributed by atoms with van der Waals surface area (Å²) in [4.78, 5) is 13.8. The molecule has 0 N–H and O–H groups in total. The topological polar surface area (TPSA) is 57.7 Å². The Labute approximate surface area is 159 Å². The van der Waals surface area contributed by atoms with Gasteiger partial charge in [-0.15, -0.1) is 0 Å². The third kappa shape index (κ3) is 4.26. The van der Waals surface area contributed by atoms with Gasteiger partial charge in [0, 0.05) is 37.8 Å². The Morgan fingerprint density at radius 3 is 2.04 bits per heavy atom. The van der Waals surface area contributed by atoms with Crippen LogP contribution in [0.25, 0.3) is 0 Å². The average molecular weight is 390 g/mol. The van der Waals surface area contributed by atoms with Gasteiger partial charge in [0.15, 0.2) is 5.78 Å². The van der Waals surface area contributed by atoms with Crippen LogP contribution in [0.4, 0.5) is 4.39 Å². The van der Waals surface area contributed by atoms with E-state index in [1.165, 1.54) is 35.5 Å². The van der Waals surface area contributed by atoms with Gasteiger partial charge in [0.2, 0.25) is 10.0 Å². The Morgan fingerprint density at radius 1 is 0.963 bits per heavy atom. The molecule has 5 nitrogen and oxygen atoms in total. The van der Waals surface area contributed by atoms with Crippen molar-refractivity contribution in [2.45, 2.75) is 24.8 Å². The molecular weight excluding hydrogens is 367 g/mol. The van der Waals surface area contributed by atoms with Gasteiger partial charge in [0.1, 0.15) is 5.82 Å². The number of carbonyl (C=O) groups excluding carboxylic acids is 1. The minimum absolute atomic E-state index is 0.0882. The highest BCUT2D eigenvalue weighted by Crippen LogP contribution is 2.24. The molecule has 0 saturated carbocycles. The van der Waals surface area contributed by atoms with Crippen molar-refractivity contribution in [1.82, 2.24) is 9.21 Å². The van der Waals surface area contributed by atoms with Crippen molar-refractivity contribution in [1.29, 1.82) is 0 Å². The Bertz CT molecular complexity index is 903. The third-order valence-corrected chi connectivity index (χ3v) is 6.98. The van der Waals surface area contributed by atoms with Gasteiger partial charge >= 0.3 is 0 Å². The molecule has 2 aromatic carbocycles. The monoisotopic (exact) mass is 390 g/mol. The van der Waals surface area contributed by atoms with Gasteiger partial charge < -0.3 is 0 Å². The quantitative estimate of drug-likeness (QED) is 0.736. The first kappa shape index (κ1) is 19.7. The van der Waals surface area contributed by atoms with Gasteiger partial charge in [-0.05, 0) is 43.7 Å². The summed E-state index contributed by atoms with van der Waals surface area (Å²) >= 11 is 0. The van der Waals surface area contributed by atoms with Gasteiger partial charge in [0.05, 0.1) is 4.90 Å².